The average Bonchev–Trinajstić information content (AvgIpc) is 2.81. The van der Waals surface area contributed by atoms with Crippen LogP contribution in [0.3, 0.4) is 0 Å². The molecule has 0 atom stereocenters. The minimum absolute atomic E-state index is 0.350. The number of carbonyl (C=O) groups is 3. The second-order valence-electron chi connectivity index (χ2n) is 3.37. The molecule has 8 nitrogen and oxygen atoms in total. The maximum atomic E-state index is 11.2. The number of aromatic nitrogens is 1. The van der Waals surface area contributed by atoms with E-state index in [4.69, 9.17) is 5.11 Å². The molecule has 0 aromatic carbocycles. The Balaban J connectivity index is 2.09. The van der Waals surface area contributed by atoms with Gasteiger partial charge in [-0.15, -0.1) is 11.3 Å². The standard InChI is InChI=1S/C10H13N3O5S/c14-7(5-18-6-9(15)16)13-10(17)12-2-1-8-11-3-4-19-8/h3-4H,1-2,5-6H2,(H,15,16)(H2,12,13,14,17). The molecular formula is C10H13N3O5S. The average molecular weight is 287 g/mol. The van der Waals surface area contributed by atoms with Crippen LogP contribution in [0.15, 0.2) is 11.6 Å². The van der Waals surface area contributed by atoms with Crippen LogP contribution < -0.4 is 10.6 Å². The summed E-state index contributed by atoms with van der Waals surface area (Å²) in [6.45, 7) is -0.714. The van der Waals surface area contributed by atoms with Gasteiger partial charge in [0.2, 0.25) is 0 Å². The van der Waals surface area contributed by atoms with Gasteiger partial charge < -0.3 is 15.2 Å². The van der Waals surface area contributed by atoms with Gasteiger partial charge in [-0.2, -0.15) is 0 Å². The molecule has 19 heavy (non-hydrogen) atoms. The molecule has 0 aliphatic heterocycles. The van der Waals surface area contributed by atoms with E-state index in [1.165, 1.54) is 11.3 Å². The SMILES string of the molecule is O=C(O)COCC(=O)NC(=O)NCCc1nccs1. The smallest absolute Gasteiger partial charge is 0.329 e. The summed E-state index contributed by atoms with van der Waals surface area (Å²) in [7, 11) is 0. The zero-order valence-corrected chi connectivity index (χ0v) is 10.7. The van der Waals surface area contributed by atoms with E-state index in [-0.39, 0.29) is 0 Å². The molecule has 0 radical (unpaired) electrons. The van der Waals surface area contributed by atoms with Gasteiger partial charge in [0, 0.05) is 24.5 Å². The molecule has 0 spiro atoms. The lowest BCUT2D eigenvalue weighted by Gasteiger charge is -2.05. The van der Waals surface area contributed by atoms with Gasteiger partial charge in [-0.05, 0) is 0 Å². The number of hydrogen-bond donors (Lipinski definition) is 3. The highest BCUT2D eigenvalue weighted by molar-refractivity contribution is 7.09. The van der Waals surface area contributed by atoms with Crippen LogP contribution in [-0.2, 0) is 20.7 Å². The quantitative estimate of drug-likeness (QED) is 0.629. The molecule has 3 amide bonds. The Morgan fingerprint density at radius 2 is 2.16 bits per heavy atom. The molecule has 1 aromatic rings. The van der Waals surface area contributed by atoms with Gasteiger partial charge in [0.1, 0.15) is 13.2 Å². The zero-order valence-electron chi connectivity index (χ0n) is 9.92. The summed E-state index contributed by atoms with van der Waals surface area (Å²) >= 11 is 1.48. The minimum Gasteiger partial charge on any atom is -0.480 e. The topological polar surface area (TPSA) is 118 Å². The third kappa shape index (κ3) is 7.11. The Labute approximate surface area is 112 Å². The molecule has 0 aliphatic rings. The van der Waals surface area contributed by atoms with Crippen molar-refractivity contribution in [1.82, 2.24) is 15.6 Å². The highest BCUT2D eigenvalue weighted by Gasteiger charge is 2.08. The summed E-state index contributed by atoms with van der Waals surface area (Å²) in [5, 5.41) is 15.5. The van der Waals surface area contributed by atoms with Gasteiger partial charge in [-0.3, -0.25) is 10.1 Å². The molecule has 0 bridgehead atoms. The summed E-state index contributed by atoms with van der Waals surface area (Å²) in [5.74, 6) is -1.88. The molecule has 3 N–H and O–H groups in total. The predicted molar refractivity (Wildman–Crippen MR) is 65.8 cm³/mol. The lowest BCUT2D eigenvalue weighted by molar-refractivity contribution is -0.143. The molecule has 0 saturated heterocycles. The van der Waals surface area contributed by atoms with Crippen molar-refractivity contribution in [2.45, 2.75) is 6.42 Å². The molecular weight excluding hydrogens is 274 g/mol. The van der Waals surface area contributed by atoms with E-state index in [2.05, 4.69) is 15.0 Å². The number of imide groups is 1. The lowest BCUT2D eigenvalue weighted by Crippen LogP contribution is -2.42. The van der Waals surface area contributed by atoms with Crippen molar-refractivity contribution in [1.29, 1.82) is 0 Å². The number of carbonyl (C=O) groups excluding carboxylic acids is 2. The fourth-order valence-corrected chi connectivity index (χ4v) is 1.72. The minimum atomic E-state index is -1.18. The first-order valence-corrected chi connectivity index (χ1v) is 6.21. The van der Waals surface area contributed by atoms with Crippen molar-refractivity contribution in [3.63, 3.8) is 0 Å². The van der Waals surface area contributed by atoms with Gasteiger partial charge in [0.25, 0.3) is 5.91 Å². The van der Waals surface area contributed by atoms with Crippen molar-refractivity contribution < 1.29 is 24.2 Å². The molecule has 104 valence electrons. The van der Waals surface area contributed by atoms with E-state index < -0.39 is 31.1 Å². The van der Waals surface area contributed by atoms with Crippen molar-refractivity contribution in [2.75, 3.05) is 19.8 Å². The monoisotopic (exact) mass is 287 g/mol. The molecule has 0 unspecified atom stereocenters. The summed E-state index contributed by atoms with van der Waals surface area (Å²) in [5.41, 5.74) is 0. The molecule has 0 aliphatic carbocycles. The summed E-state index contributed by atoms with van der Waals surface area (Å²) in [6, 6.07) is -0.652. The van der Waals surface area contributed by atoms with Gasteiger partial charge in [0.05, 0.1) is 5.01 Å². The largest absolute Gasteiger partial charge is 0.480 e. The number of ether oxygens (including phenoxy) is 1. The molecule has 9 heteroatoms. The van der Waals surface area contributed by atoms with Gasteiger partial charge in [-0.25, -0.2) is 14.6 Å². The first kappa shape index (κ1) is 15.1. The van der Waals surface area contributed by atoms with Crippen molar-refractivity contribution in [2.24, 2.45) is 0 Å². The van der Waals surface area contributed by atoms with Crippen LogP contribution in [0.4, 0.5) is 4.79 Å². The zero-order chi connectivity index (χ0) is 14.1. The number of carboxylic acid groups (broad SMARTS) is 1. The lowest BCUT2D eigenvalue weighted by atomic mass is 10.4. The van der Waals surface area contributed by atoms with Crippen LogP contribution in [0.2, 0.25) is 0 Å². The first-order valence-electron chi connectivity index (χ1n) is 5.33. The fraction of sp³-hybridized carbons (Fsp3) is 0.400. The second kappa shape index (κ2) is 8.16. The van der Waals surface area contributed by atoms with Crippen molar-refractivity contribution >= 4 is 29.2 Å². The normalized spacial score (nSPS) is 9.89. The van der Waals surface area contributed by atoms with Crippen LogP contribution in [-0.4, -0.2) is 47.8 Å². The maximum Gasteiger partial charge on any atom is 0.329 e. The van der Waals surface area contributed by atoms with Gasteiger partial charge in [0.15, 0.2) is 0 Å². The molecule has 1 rings (SSSR count). The number of aliphatic carboxylic acids is 1. The summed E-state index contributed by atoms with van der Waals surface area (Å²) in [4.78, 5) is 36.5. The molecule has 0 fully saturated rings. The van der Waals surface area contributed by atoms with Crippen molar-refractivity contribution in [3.05, 3.63) is 16.6 Å². The number of thiazole rings is 1. The summed E-state index contributed by atoms with van der Waals surface area (Å²) in [6.07, 6.45) is 2.25. The Bertz CT molecular complexity index is 434. The van der Waals surface area contributed by atoms with Crippen LogP contribution >= 0.6 is 11.3 Å². The predicted octanol–water partition coefficient (Wildman–Crippen LogP) is -0.387. The molecule has 1 aromatic heterocycles. The highest BCUT2D eigenvalue weighted by Crippen LogP contribution is 2.03. The number of nitrogens with one attached hydrogen (secondary N) is 2. The Kier molecular flexibility index (Phi) is 6.47. The number of amides is 3. The Morgan fingerprint density at radius 3 is 2.79 bits per heavy atom. The van der Waals surface area contributed by atoms with E-state index in [9.17, 15) is 14.4 Å². The van der Waals surface area contributed by atoms with Crippen LogP contribution in [0.25, 0.3) is 0 Å². The highest BCUT2D eigenvalue weighted by atomic mass is 32.1. The molecule has 1 heterocycles. The van der Waals surface area contributed by atoms with E-state index in [1.54, 1.807) is 6.20 Å². The number of nitrogens with zero attached hydrogens (tertiary/aromatic N) is 1. The van der Waals surface area contributed by atoms with E-state index in [1.807, 2.05) is 10.7 Å². The van der Waals surface area contributed by atoms with Crippen LogP contribution in [0.5, 0.6) is 0 Å². The van der Waals surface area contributed by atoms with Gasteiger partial charge >= 0.3 is 12.0 Å². The number of urea groups is 1. The first-order chi connectivity index (χ1) is 9.08. The van der Waals surface area contributed by atoms with E-state index >= 15 is 0 Å². The number of rotatable bonds is 7. The third-order valence-corrected chi connectivity index (χ3v) is 2.66. The third-order valence-electron chi connectivity index (χ3n) is 1.82. The number of carboxylic acids is 1. The van der Waals surface area contributed by atoms with Crippen molar-refractivity contribution in [3.8, 4) is 0 Å². The Morgan fingerprint density at radius 1 is 1.37 bits per heavy atom. The molecule has 0 saturated carbocycles. The Hall–Kier alpha value is -2.00. The van der Waals surface area contributed by atoms with Crippen LogP contribution in [0.1, 0.15) is 5.01 Å². The van der Waals surface area contributed by atoms with E-state index in [0.717, 1.165) is 5.01 Å². The van der Waals surface area contributed by atoms with Crippen LogP contribution in [0, 0.1) is 0 Å². The fourth-order valence-electron chi connectivity index (χ4n) is 1.10. The number of hydrogen-bond acceptors (Lipinski definition) is 6. The van der Waals surface area contributed by atoms with Gasteiger partial charge in [-0.1, -0.05) is 0 Å². The maximum absolute atomic E-state index is 11.2. The second-order valence-corrected chi connectivity index (χ2v) is 4.35. The summed E-state index contributed by atoms with van der Waals surface area (Å²) < 4.78 is 4.52. The van der Waals surface area contributed by atoms with E-state index in [0.29, 0.717) is 13.0 Å².